The standard InChI is InChI=1S/C15H18ClN3O4/c1-3-4-7-19-13(16)12(9(2)18-19)14(20)17-8-10-5-6-11(23-10)15(21)22/h5-6H,3-4,7-8H2,1-2H3,(H,17,20)(H,21,22). The van der Waals surface area contributed by atoms with Crippen LogP contribution < -0.4 is 5.32 Å². The number of furan rings is 1. The molecule has 0 fully saturated rings. The highest BCUT2D eigenvalue weighted by atomic mass is 35.5. The number of nitrogens with one attached hydrogen (secondary N) is 1. The van der Waals surface area contributed by atoms with Crippen molar-refractivity contribution < 1.29 is 19.1 Å². The predicted molar refractivity (Wildman–Crippen MR) is 83.7 cm³/mol. The third kappa shape index (κ3) is 3.92. The number of carboxylic acid groups (broad SMARTS) is 1. The van der Waals surface area contributed by atoms with Crippen molar-refractivity contribution >= 4 is 23.5 Å². The fourth-order valence-corrected chi connectivity index (χ4v) is 2.46. The van der Waals surface area contributed by atoms with Crippen LogP contribution in [0.4, 0.5) is 0 Å². The van der Waals surface area contributed by atoms with Gasteiger partial charge < -0.3 is 14.8 Å². The second kappa shape index (κ2) is 7.32. The van der Waals surface area contributed by atoms with E-state index in [9.17, 15) is 9.59 Å². The third-order valence-electron chi connectivity index (χ3n) is 3.31. The number of aromatic nitrogens is 2. The van der Waals surface area contributed by atoms with Gasteiger partial charge in [0.05, 0.1) is 17.8 Å². The molecule has 23 heavy (non-hydrogen) atoms. The van der Waals surface area contributed by atoms with Crippen molar-refractivity contribution in [3.8, 4) is 0 Å². The first-order valence-electron chi connectivity index (χ1n) is 7.27. The molecule has 0 aromatic carbocycles. The number of carbonyl (C=O) groups excluding carboxylic acids is 1. The molecule has 7 nitrogen and oxygen atoms in total. The maximum atomic E-state index is 12.3. The Morgan fingerprint density at radius 1 is 1.43 bits per heavy atom. The molecule has 2 N–H and O–H groups in total. The van der Waals surface area contributed by atoms with E-state index in [1.54, 1.807) is 11.6 Å². The highest BCUT2D eigenvalue weighted by molar-refractivity contribution is 6.33. The number of aromatic carboxylic acids is 1. The fraction of sp³-hybridized carbons (Fsp3) is 0.400. The number of unbranched alkanes of at least 4 members (excludes halogenated alkanes) is 1. The van der Waals surface area contributed by atoms with Crippen molar-refractivity contribution in [3.63, 3.8) is 0 Å². The minimum absolute atomic E-state index is 0.0715. The van der Waals surface area contributed by atoms with E-state index in [0.717, 1.165) is 12.8 Å². The zero-order valence-corrected chi connectivity index (χ0v) is 13.7. The Balaban J connectivity index is 2.05. The van der Waals surface area contributed by atoms with Crippen molar-refractivity contribution in [1.82, 2.24) is 15.1 Å². The molecule has 0 aliphatic rings. The number of carbonyl (C=O) groups is 2. The summed E-state index contributed by atoms with van der Waals surface area (Å²) in [5, 5.41) is 16.0. The van der Waals surface area contributed by atoms with E-state index in [-0.39, 0.29) is 18.2 Å². The Kier molecular flexibility index (Phi) is 5.44. The van der Waals surface area contributed by atoms with E-state index in [4.69, 9.17) is 21.1 Å². The Hall–Kier alpha value is -2.28. The quantitative estimate of drug-likeness (QED) is 0.808. The summed E-state index contributed by atoms with van der Waals surface area (Å²) in [7, 11) is 0. The summed E-state index contributed by atoms with van der Waals surface area (Å²) < 4.78 is 6.70. The molecule has 2 aromatic rings. The number of halogens is 1. The second-order valence-electron chi connectivity index (χ2n) is 5.08. The van der Waals surface area contributed by atoms with Crippen molar-refractivity contribution in [2.24, 2.45) is 0 Å². The number of amides is 1. The molecule has 2 heterocycles. The molecule has 0 bridgehead atoms. The monoisotopic (exact) mass is 339 g/mol. The third-order valence-corrected chi connectivity index (χ3v) is 3.70. The van der Waals surface area contributed by atoms with Gasteiger partial charge in [0.15, 0.2) is 0 Å². The Morgan fingerprint density at radius 3 is 2.78 bits per heavy atom. The van der Waals surface area contributed by atoms with Gasteiger partial charge in [-0.25, -0.2) is 4.79 Å². The lowest BCUT2D eigenvalue weighted by molar-refractivity contribution is 0.0660. The first kappa shape index (κ1) is 17.1. The summed E-state index contributed by atoms with van der Waals surface area (Å²) >= 11 is 6.23. The van der Waals surface area contributed by atoms with Gasteiger partial charge in [-0.05, 0) is 25.5 Å². The van der Waals surface area contributed by atoms with Crippen molar-refractivity contribution in [2.75, 3.05) is 0 Å². The molecule has 0 saturated heterocycles. The summed E-state index contributed by atoms with van der Waals surface area (Å²) in [5.74, 6) is -1.35. The summed E-state index contributed by atoms with van der Waals surface area (Å²) in [6.07, 6.45) is 1.92. The minimum atomic E-state index is -1.15. The van der Waals surface area contributed by atoms with Crippen LogP contribution in [0.3, 0.4) is 0 Å². The van der Waals surface area contributed by atoms with Crippen molar-refractivity contribution in [3.05, 3.63) is 40.1 Å². The lowest BCUT2D eigenvalue weighted by Gasteiger charge is -2.04. The number of carboxylic acids is 1. The zero-order chi connectivity index (χ0) is 17.0. The molecule has 2 aromatic heterocycles. The largest absolute Gasteiger partial charge is 0.475 e. The maximum Gasteiger partial charge on any atom is 0.371 e. The van der Waals surface area contributed by atoms with Crippen molar-refractivity contribution in [2.45, 2.75) is 39.8 Å². The number of hydrogen-bond donors (Lipinski definition) is 2. The van der Waals surface area contributed by atoms with Gasteiger partial charge in [-0.3, -0.25) is 9.48 Å². The van der Waals surface area contributed by atoms with Gasteiger partial charge in [-0.1, -0.05) is 24.9 Å². The van der Waals surface area contributed by atoms with E-state index < -0.39 is 5.97 Å². The van der Waals surface area contributed by atoms with Gasteiger partial charge >= 0.3 is 5.97 Å². The van der Waals surface area contributed by atoms with Gasteiger partial charge in [0.2, 0.25) is 5.76 Å². The summed E-state index contributed by atoms with van der Waals surface area (Å²) in [6.45, 7) is 4.51. The van der Waals surface area contributed by atoms with Gasteiger partial charge in [0, 0.05) is 6.54 Å². The average Bonchev–Trinajstić information content (AvgIpc) is 3.08. The van der Waals surface area contributed by atoms with E-state index in [1.807, 2.05) is 0 Å². The van der Waals surface area contributed by atoms with Gasteiger partial charge in [-0.2, -0.15) is 5.10 Å². The fourth-order valence-electron chi connectivity index (χ4n) is 2.11. The highest BCUT2D eigenvalue weighted by Crippen LogP contribution is 2.20. The van der Waals surface area contributed by atoms with Gasteiger partial charge in [-0.15, -0.1) is 0 Å². The molecule has 8 heteroatoms. The maximum absolute atomic E-state index is 12.3. The molecule has 0 aliphatic heterocycles. The van der Waals surface area contributed by atoms with Crippen LogP contribution in [0.15, 0.2) is 16.5 Å². The Labute approximate surface area is 138 Å². The first-order valence-corrected chi connectivity index (χ1v) is 7.65. The molecule has 124 valence electrons. The molecule has 0 saturated carbocycles. The number of rotatable bonds is 7. The molecule has 0 radical (unpaired) electrons. The van der Waals surface area contributed by atoms with Crippen LogP contribution in [-0.4, -0.2) is 26.8 Å². The van der Waals surface area contributed by atoms with Crippen LogP contribution >= 0.6 is 11.6 Å². The highest BCUT2D eigenvalue weighted by Gasteiger charge is 2.20. The zero-order valence-electron chi connectivity index (χ0n) is 12.9. The summed E-state index contributed by atoms with van der Waals surface area (Å²) in [4.78, 5) is 23.0. The smallest absolute Gasteiger partial charge is 0.371 e. The Bertz CT molecular complexity index is 720. The molecular formula is C15H18ClN3O4. The molecule has 0 unspecified atom stereocenters. The molecule has 0 atom stereocenters. The van der Waals surface area contributed by atoms with Crippen LogP contribution in [0.25, 0.3) is 0 Å². The number of hydrogen-bond acceptors (Lipinski definition) is 4. The van der Waals surface area contributed by atoms with Crippen molar-refractivity contribution in [1.29, 1.82) is 0 Å². The van der Waals surface area contributed by atoms with E-state index in [0.29, 0.717) is 28.7 Å². The lowest BCUT2D eigenvalue weighted by atomic mass is 10.2. The summed E-state index contributed by atoms with van der Waals surface area (Å²) in [6, 6.07) is 2.84. The Morgan fingerprint density at radius 2 is 2.17 bits per heavy atom. The molecular weight excluding hydrogens is 322 g/mol. The van der Waals surface area contributed by atoms with E-state index in [1.165, 1.54) is 12.1 Å². The first-order chi connectivity index (χ1) is 10.9. The van der Waals surface area contributed by atoms with Crippen LogP contribution in [0.2, 0.25) is 5.15 Å². The molecule has 0 spiro atoms. The van der Waals surface area contributed by atoms with Gasteiger partial charge in [0.25, 0.3) is 5.91 Å². The van der Waals surface area contributed by atoms with Gasteiger partial charge in [0.1, 0.15) is 10.9 Å². The van der Waals surface area contributed by atoms with E-state index in [2.05, 4.69) is 17.3 Å². The van der Waals surface area contributed by atoms with E-state index >= 15 is 0 Å². The van der Waals surface area contributed by atoms with Crippen LogP contribution in [0, 0.1) is 6.92 Å². The number of aryl methyl sites for hydroxylation is 2. The molecule has 2 rings (SSSR count). The van der Waals surface area contributed by atoms with Crippen LogP contribution in [-0.2, 0) is 13.1 Å². The SMILES string of the molecule is CCCCn1nc(C)c(C(=O)NCc2ccc(C(=O)O)o2)c1Cl. The topological polar surface area (TPSA) is 97.4 Å². The molecule has 0 aliphatic carbocycles. The summed E-state index contributed by atoms with van der Waals surface area (Å²) in [5.41, 5.74) is 0.877. The van der Waals surface area contributed by atoms with Crippen LogP contribution in [0.1, 0.15) is 52.1 Å². The molecule has 1 amide bonds. The minimum Gasteiger partial charge on any atom is -0.475 e. The second-order valence-corrected chi connectivity index (χ2v) is 5.44. The number of nitrogens with zero attached hydrogens (tertiary/aromatic N) is 2. The predicted octanol–water partition coefficient (Wildman–Crippen LogP) is 2.87. The normalized spacial score (nSPS) is 10.7. The lowest BCUT2D eigenvalue weighted by Crippen LogP contribution is -2.23. The average molecular weight is 340 g/mol. The van der Waals surface area contributed by atoms with Crippen LogP contribution in [0.5, 0.6) is 0 Å².